The van der Waals surface area contributed by atoms with Gasteiger partial charge in [0, 0.05) is 12.6 Å². The molecule has 0 saturated carbocycles. The predicted octanol–water partition coefficient (Wildman–Crippen LogP) is 1.20. The van der Waals surface area contributed by atoms with Crippen molar-refractivity contribution in [3.63, 3.8) is 0 Å². The third-order valence-electron chi connectivity index (χ3n) is 1.97. The zero-order valence-electron chi connectivity index (χ0n) is 9.23. The summed E-state index contributed by atoms with van der Waals surface area (Å²) in [5.41, 5.74) is -0.0159. The topological polar surface area (TPSA) is 73.6 Å². The molecule has 0 spiro atoms. The normalized spacial score (nSPS) is 9.88. The van der Waals surface area contributed by atoms with Crippen LogP contribution >= 0.6 is 0 Å². The molecule has 0 aliphatic rings. The van der Waals surface area contributed by atoms with E-state index in [0.717, 1.165) is 0 Å². The van der Waals surface area contributed by atoms with Crippen molar-refractivity contribution in [3.05, 3.63) is 28.3 Å². The van der Waals surface area contributed by atoms with E-state index in [1.807, 2.05) is 7.05 Å². The molecule has 1 aromatic carbocycles. The van der Waals surface area contributed by atoms with Gasteiger partial charge < -0.3 is 14.8 Å². The molecule has 0 radical (unpaired) electrons. The van der Waals surface area contributed by atoms with Gasteiger partial charge in [-0.15, -0.1) is 0 Å². The third kappa shape index (κ3) is 3.09. The quantitative estimate of drug-likeness (QED) is 0.448. The lowest BCUT2D eigenvalue weighted by atomic mass is 10.3. The van der Waals surface area contributed by atoms with E-state index >= 15 is 0 Å². The summed E-state index contributed by atoms with van der Waals surface area (Å²) >= 11 is 0. The monoisotopic (exact) mass is 226 g/mol. The number of hydrogen-bond donors (Lipinski definition) is 1. The maximum absolute atomic E-state index is 10.5. The van der Waals surface area contributed by atoms with Gasteiger partial charge in [-0.2, -0.15) is 0 Å². The molecular weight excluding hydrogens is 212 g/mol. The maximum Gasteiger partial charge on any atom is 0.273 e. The smallest absolute Gasteiger partial charge is 0.273 e. The molecule has 0 heterocycles. The number of rotatable bonds is 6. The van der Waals surface area contributed by atoms with Crippen LogP contribution in [0.1, 0.15) is 0 Å². The van der Waals surface area contributed by atoms with Crippen LogP contribution in [0, 0.1) is 10.1 Å². The first-order valence-corrected chi connectivity index (χ1v) is 4.79. The summed E-state index contributed by atoms with van der Waals surface area (Å²) in [5, 5.41) is 13.5. The molecule has 88 valence electrons. The minimum atomic E-state index is -0.472. The molecule has 6 heteroatoms. The first kappa shape index (κ1) is 12.3. The second kappa shape index (κ2) is 5.92. The van der Waals surface area contributed by atoms with Crippen LogP contribution in [0.25, 0.3) is 0 Å². The van der Waals surface area contributed by atoms with E-state index in [4.69, 9.17) is 9.47 Å². The van der Waals surface area contributed by atoms with Crippen molar-refractivity contribution in [1.82, 2.24) is 5.32 Å². The number of hydrogen-bond acceptors (Lipinski definition) is 5. The molecule has 0 saturated heterocycles. The van der Waals surface area contributed by atoms with Crippen molar-refractivity contribution >= 4 is 5.69 Å². The van der Waals surface area contributed by atoms with Gasteiger partial charge in [-0.3, -0.25) is 10.1 Å². The SMILES string of the molecule is CNCCOc1ccc([N+](=O)[O-])cc1OC. The van der Waals surface area contributed by atoms with Crippen LogP contribution in [0.4, 0.5) is 5.69 Å². The Labute approximate surface area is 93.3 Å². The summed E-state index contributed by atoms with van der Waals surface area (Å²) in [7, 11) is 3.26. The molecule has 0 aromatic heterocycles. The Kier molecular flexibility index (Phi) is 4.53. The van der Waals surface area contributed by atoms with Crippen molar-refractivity contribution in [2.24, 2.45) is 0 Å². The van der Waals surface area contributed by atoms with E-state index in [9.17, 15) is 10.1 Å². The van der Waals surface area contributed by atoms with Crippen LogP contribution in [-0.4, -0.2) is 32.2 Å². The van der Waals surface area contributed by atoms with Crippen LogP contribution in [0.3, 0.4) is 0 Å². The minimum Gasteiger partial charge on any atom is -0.493 e. The summed E-state index contributed by atoms with van der Waals surface area (Å²) in [6, 6.07) is 4.26. The van der Waals surface area contributed by atoms with E-state index in [0.29, 0.717) is 24.7 Å². The molecule has 1 rings (SSSR count). The first-order chi connectivity index (χ1) is 7.69. The summed E-state index contributed by atoms with van der Waals surface area (Å²) in [5.74, 6) is 0.869. The lowest BCUT2D eigenvalue weighted by molar-refractivity contribution is -0.384. The number of nitro groups is 1. The van der Waals surface area contributed by atoms with Crippen LogP contribution < -0.4 is 14.8 Å². The molecule has 0 atom stereocenters. The number of methoxy groups -OCH3 is 1. The average molecular weight is 226 g/mol. The maximum atomic E-state index is 10.5. The van der Waals surface area contributed by atoms with Crippen molar-refractivity contribution < 1.29 is 14.4 Å². The van der Waals surface area contributed by atoms with E-state index in [-0.39, 0.29) is 5.69 Å². The van der Waals surface area contributed by atoms with Gasteiger partial charge in [0.15, 0.2) is 11.5 Å². The van der Waals surface area contributed by atoms with Crippen LogP contribution in [0.2, 0.25) is 0 Å². The number of nitrogens with one attached hydrogen (secondary N) is 1. The number of likely N-dealkylation sites (N-methyl/N-ethyl adjacent to an activating group) is 1. The Balaban J connectivity index is 2.80. The van der Waals surface area contributed by atoms with Gasteiger partial charge >= 0.3 is 0 Å². The largest absolute Gasteiger partial charge is 0.493 e. The number of nitro benzene ring substituents is 1. The molecule has 16 heavy (non-hydrogen) atoms. The molecule has 0 unspecified atom stereocenters. The Hall–Kier alpha value is -1.82. The van der Waals surface area contributed by atoms with Crippen molar-refractivity contribution in [2.45, 2.75) is 0 Å². The molecule has 0 bridgehead atoms. The Morgan fingerprint density at radius 2 is 2.19 bits per heavy atom. The number of nitrogens with zero attached hydrogens (tertiary/aromatic N) is 1. The summed E-state index contributed by atoms with van der Waals surface area (Å²) in [6.07, 6.45) is 0. The summed E-state index contributed by atoms with van der Waals surface area (Å²) in [6.45, 7) is 1.17. The van der Waals surface area contributed by atoms with E-state index in [2.05, 4.69) is 5.32 Å². The number of non-ortho nitro benzene ring substituents is 1. The van der Waals surface area contributed by atoms with Crippen molar-refractivity contribution in [2.75, 3.05) is 27.3 Å². The minimum absolute atomic E-state index is 0.0159. The lowest BCUT2D eigenvalue weighted by Gasteiger charge is -2.09. The number of benzene rings is 1. The second-order valence-corrected chi connectivity index (χ2v) is 3.04. The van der Waals surface area contributed by atoms with Gasteiger partial charge in [0.25, 0.3) is 5.69 Å². The Morgan fingerprint density at radius 1 is 1.44 bits per heavy atom. The Morgan fingerprint density at radius 3 is 2.75 bits per heavy atom. The lowest BCUT2D eigenvalue weighted by Crippen LogP contribution is -2.16. The molecule has 0 aliphatic carbocycles. The summed E-state index contributed by atoms with van der Waals surface area (Å²) in [4.78, 5) is 10.1. The molecule has 0 fully saturated rings. The highest BCUT2D eigenvalue weighted by atomic mass is 16.6. The van der Waals surface area contributed by atoms with E-state index in [1.165, 1.54) is 25.3 Å². The first-order valence-electron chi connectivity index (χ1n) is 4.79. The standard InChI is InChI=1S/C10H14N2O4/c1-11-5-6-16-9-4-3-8(12(13)14)7-10(9)15-2/h3-4,7,11H,5-6H2,1-2H3. The van der Waals surface area contributed by atoms with Gasteiger partial charge in [-0.25, -0.2) is 0 Å². The van der Waals surface area contributed by atoms with Crippen LogP contribution in [0.15, 0.2) is 18.2 Å². The second-order valence-electron chi connectivity index (χ2n) is 3.04. The van der Waals surface area contributed by atoms with Crippen LogP contribution in [-0.2, 0) is 0 Å². The highest BCUT2D eigenvalue weighted by molar-refractivity contribution is 5.48. The van der Waals surface area contributed by atoms with Gasteiger partial charge in [-0.05, 0) is 13.1 Å². The zero-order chi connectivity index (χ0) is 12.0. The van der Waals surface area contributed by atoms with E-state index in [1.54, 1.807) is 0 Å². The fraction of sp³-hybridized carbons (Fsp3) is 0.400. The molecule has 1 N–H and O–H groups in total. The third-order valence-corrected chi connectivity index (χ3v) is 1.97. The fourth-order valence-corrected chi connectivity index (χ4v) is 1.15. The summed E-state index contributed by atoms with van der Waals surface area (Å²) < 4.78 is 10.4. The van der Waals surface area contributed by atoms with Gasteiger partial charge in [0.1, 0.15) is 6.61 Å². The average Bonchev–Trinajstić information content (AvgIpc) is 2.29. The van der Waals surface area contributed by atoms with E-state index < -0.39 is 4.92 Å². The molecule has 0 aliphatic heterocycles. The molecule has 0 amide bonds. The van der Waals surface area contributed by atoms with Gasteiger partial charge in [0.2, 0.25) is 0 Å². The fourth-order valence-electron chi connectivity index (χ4n) is 1.15. The zero-order valence-corrected chi connectivity index (χ0v) is 9.23. The molecule has 1 aromatic rings. The molecular formula is C10H14N2O4. The van der Waals surface area contributed by atoms with Crippen molar-refractivity contribution in [1.29, 1.82) is 0 Å². The van der Waals surface area contributed by atoms with Crippen molar-refractivity contribution in [3.8, 4) is 11.5 Å². The van der Waals surface area contributed by atoms with Gasteiger partial charge in [-0.1, -0.05) is 0 Å². The molecule has 6 nitrogen and oxygen atoms in total. The van der Waals surface area contributed by atoms with Gasteiger partial charge in [0.05, 0.1) is 18.1 Å². The highest BCUT2D eigenvalue weighted by Crippen LogP contribution is 2.30. The number of ether oxygens (including phenoxy) is 2. The van der Waals surface area contributed by atoms with Crippen LogP contribution in [0.5, 0.6) is 11.5 Å². The predicted molar refractivity (Wildman–Crippen MR) is 59.1 cm³/mol. The Bertz CT molecular complexity index is 368. The highest BCUT2D eigenvalue weighted by Gasteiger charge is 2.11.